The summed E-state index contributed by atoms with van der Waals surface area (Å²) in [5.41, 5.74) is 8.54. The van der Waals surface area contributed by atoms with E-state index < -0.39 is 0 Å². The number of fused-ring (bicyclic) bond motifs is 7. The molecule has 0 aliphatic carbocycles. The molecular formula is C38H27N3S. The Morgan fingerprint density at radius 2 is 1.29 bits per heavy atom. The molecule has 0 saturated heterocycles. The first-order valence-electron chi connectivity index (χ1n) is 14.4. The summed E-state index contributed by atoms with van der Waals surface area (Å²) in [5, 5.41) is 12.9. The molecule has 42 heavy (non-hydrogen) atoms. The minimum absolute atomic E-state index is 0.0364. The van der Waals surface area contributed by atoms with Crippen LogP contribution < -0.4 is 10.6 Å². The molecule has 3 heterocycles. The van der Waals surface area contributed by atoms with Gasteiger partial charge in [0.05, 0.1) is 17.1 Å². The van der Waals surface area contributed by atoms with Crippen LogP contribution in [-0.2, 0) is 0 Å². The van der Waals surface area contributed by atoms with Crippen LogP contribution in [0, 0.1) is 0 Å². The van der Waals surface area contributed by atoms with Crippen molar-refractivity contribution < 1.29 is 0 Å². The summed E-state index contributed by atoms with van der Waals surface area (Å²) in [6.07, 6.45) is -0.0364. The summed E-state index contributed by atoms with van der Waals surface area (Å²) in [4.78, 5) is 0. The van der Waals surface area contributed by atoms with E-state index in [1.54, 1.807) is 0 Å². The Labute approximate surface area is 247 Å². The molecule has 8 aromatic rings. The summed E-state index contributed by atoms with van der Waals surface area (Å²) < 4.78 is 5.10. The maximum atomic E-state index is 3.91. The molecule has 1 aliphatic heterocycles. The lowest BCUT2D eigenvalue weighted by atomic mass is 9.93. The largest absolute Gasteiger partial charge is 0.366 e. The lowest BCUT2D eigenvalue weighted by molar-refractivity contribution is 0.506. The minimum atomic E-state index is -0.0364. The van der Waals surface area contributed by atoms with Crippen LogP contribution in [0.3, 0.4) is 0 Å². The highest BCUT2D eigenvalue weighted by molar-refractivity contribution is 7.25. The summed E-state index contributed by atoms with van der Waals surface area (Å²) in [5.74, 6) is 0. The maximum absolute atomic E-state index is 3.91. The van der Waals surface area contributed by atoms with E-state index in [0.717, 1.165) is 5.69 Å². The molecule has 0 saturated carbocycles. The second kappa shape index (κ2) is 9.31. The molecule has 0 bridgehead atoms. The highest BCUT2D eigenvalue weighted by atomic mass is 32.1. The highest BCUT2D eigenvalue weighted by Gasteiger charge is 2.28. The van der Waals surface area contributed by atoms with Gasteiger partial charge >= 0.3 is 0 Å². The van der Waals surface area contributed by atoms with Gasteiger partial charge in [0, 0.05) is 42.3 Å². The van der Waals surface area contributed by atoms with Crippen LogP contribution >= 0.6 is 11.3 Å². The number of hydrogen-bond donors (Lipinski definition) is 2. The highest BCUT2D eigenvalue weighted by Crippen LogP contribution is 2.41. The van der Waals surface area contributed by atoms with E-state index >= 15 is 0 Å². The van der Waals surface area contributed by atoms with Crippen molar-refractivity contribution in [2.75, 3.05) is 5.32 Å². The van der Waals surface area contributed by atoms with E-state index in [0.29, 0.717) is 0 Å². The smallest absolute Gasteiger partial charge is 0.104 e. The molecule has 9 rings (SSSR count). The molecule has 2 aromatic heterocycles. The van der Waals surface area contributed by atoms with Gasteiger partial charge in [-0.15, -0.1) is 11.3 Å². The van der Waals surface area contributed by atoms with E-state index in [1.807, 2.05) is 11.3 Å². The average Bonchev–Trinajstić information content (AvgIpc) is 3.58. The van der Waals surface area contributed by atoms with Crippen molar-refractivity contribution in [1.82, 2.24) is 9.88 Å². The monoisotopic (exact) mass is 557 g/mol. The fourth-order valence-electron chi connectivity index (χ4n) is 6.74. The van der Waals surface area contributed by atoms with Gasteiger partial charge < -0.3 is 9.88 Å². The topological polar surface area (TPSA) is 29.0 Å². The Hall–Kier alpha value is -4.90. The normalized spacial score (nSPS) is 16.7. The van der Waals surface area contributed by atoms with Gasteiger partial charge in [-0.1, -0.05) is 97.1 Å². The number of benzene rings is 6. The third-order valence-corrected chi connectivity index (χ3v) is 9.80. The lowest BCUT2D eigenvalue weighted by Crippen LogP contribution is -2.37. The first-order chi connectivity index (χ1) is 20.8. The fourth-order valence-corrected chi connectivity index (χ4v) is 7.87. The SMILES string of the molecule is c1ccc(C2NC(c3cccc(-n4c5ccccc5c5cc6sc7ccccc7c6cc54)c3)Nc3ccccc32)cc1. The summed E-state index contributed by atoms with van der Waals surface area (Å²) in [7, 11) is 0. The maximum Gasteiger partial charge on any atom is 0.104 e. The van der Waals surface area contributed by atoms with Crippen LogP contribution in [0.5, 0.6) is 0 Å². The molecule has 2 atom stereocenters. The Morgan fingerprint density at radius 3 is 2.21 bits per heavy atom. The molecule has 6 aromatic carbocycles. The van der Waals surface area contributed by atoms with E-state index in [1.165, 1.54) is 64.4 Å². The lowest BCUT2D eigenvalue weighted by Gasteiger charge is -2.35. The van der Waals surface area contributed by atoms with Gasteiger partial charge in [-0.2, -0.15) is 0 Å². The molecule has 3 nitrogen and oxygen atoms in total. The van der Waals surface area contributed by atoms with Crippen LogP contribution in [0.4, 0.5) is 5.69 Å². The molecule has 0 fully saturated rings. The Morgan fingerprint density at radius 1 is 0.524 bits per heavy atom. The molecule has 0 amide bonds. The standard InChI is InChI=1S/C38H27N3S/c1-2-11-24(12-3-1)37-29-17-4-7-18-32(29)39-38(40-37)25-13-10-14-26(21-25)41-33-19-8-5-15-27(33)30-23-36-31(22-34(30)41)28-16-6-9-20-35(28)42-36/h1-23,37-40H. The number of thiophene rings is 1. The van der Waals surface area contributed by atoms with Crippen molar-refractivity contribution in [2.24, 2.45) is 0 Å². The number of nitrogens with zero attached hydrogens (tertiary/aromatic N) is 1. The van der Waals surface area contributed by atoms with Crippen molar-refractivity contribution >= 4 is 59.0 Å². The minimum Gasteiger partial charge on any atom is -0.366 e. The van der Waals surface area contributed by atoms with Crippen LogP contribution in [0.1, 0.15) is 28.9 Å². The van der Waals surface area contributed by atoms with Gasteiger partial charge in [0.1, 0.15) is 6.17 Å². The molecular weight excluding hydrogens is 531 g/mol. The molecule has 0 radical (unpaired) electrons. The molecule has 0 spiro atoms. The van der Waals surface area contributed by atoms with Crippen LogP contribution in [0.25, 0.3) is 47.7 Å². The van der Waals surface area contributed by atoms with Crippen molar-refractivity contribution in [3.63, 3.8) is 0 Å². The summed E-state index contributed by atoms with van der Waals surface area (Å²) in [6.45, 7) is 0. The number of para-hydroxylation sites is 2. The van der Waals surface area contributed by atoms with Crippen molar-refractivity contribution in [3.05, 3.63) is 156 Å². The first-order valence-corrected chi connectivity index (χ1v) is 15.2. The fraction of sp³-hybridized carbons (Fsp3) is 0.0526. The van der Waals surface area contributed by atoms with Crippen molar-refractivity contribution in [1.29, 1.82) is 0 Å². The quantitative estimate of drug-likeness (QED) is 0.226. The van der Waals surface area contributed by atoms with Crippen LogP contribution in [-0.4, -0.2) is 4.57 Å². The van der Waals surface area contributed by atoms with Gasteiger partial charge in [0.15, 0.2) is 0 Å². The van der Waals surface area contributed by atoms with E-state index in [-0.39, 0.29) is 12.2 Å². The molecule has 200 valence electrons. The second-order valence-electron chi connectivity index (χ2n) is 11.1. The van der Waals surface area contributed by atoms with Gasteiger partial charge in [-0.3, -0.25) is 5.32 Å². The Balaban J connectivity index is 1.22. The number of hydrogen-bond acceptors (Lipinski definition) is 3. The molecule has 2 unspecified atom stereocenters. The van der Waals surface area contributed by atoms with Crippen LogP contribution in [0.2, 0.25) is 0 Å². The number of aromatic nitrogens is 1. The number of nitrogens with one attached hydrogen (secondary N) is 2. The zero-order valence-corrected chi connectivity index (χ0v) is 23.6. The molecule has 1 aliphatic rings. The summed E-state index contributed by atoms with van der Waals surface area (Å²) in [6, 6.07) is 50.8. The average molecular weight is 558 g/mol. The third-order valence-electron chi connectivity index (χ3n) is 8.67. The molecule has 4 heteroatoms. The van der Waals surface area contributed by atoms with Gasteiger partial charge in [0.25, 0.3) is 0 Å². The Kier molecular flexibility index (Phi) is 5.27. The van der Waals surface area contributed by atoms with Crippen LogP contribution in [0.15, 0.2) is 140 Å². The second-order valence-corrected chi connectivity index (χ2v) is 12.2. The predicted molar refractivity (Wildman–Crippen MR) is 178 cm³/mol. The number of rotatable bonds is 3. The van der Waals surface area contributed by atoms with Gasteiger partial charge in [-0.05, 0) is 59.2 Å². The van der Waals surface area contributed by atoms with E-state index in [2.05, 4.69) is 155 Å². The summed E-state index contributed by atoms with van der Waals surface area (Å²) >= 11 is 1.88. The predicted octanol–water partition coefficient (Wildman–Crippen LogP) is 9.95. The number of anilines is 1. The van der Waals surface area contributed by atoms with E-state index in [4.69, 9.17) is 0 Å². The Bertz CT molecular complexity index is 2280. The van der Waals surface area contributed by atoms with Crippen molar-refractivity contribution in [2.45, 2.75) is 12.2 Å². The third kappa shape index (κ3) is 3.63. The van der Waals surface area contributed by atoms with E-state index in [9.17, 15) is 0 Å². The van der Waals surface area contributed by atoms with Gasteiger partial charge in [0.2, 0.25) is 0 Å². The zero-order chi connectivity index (χ0) is 27.6. The zero-order valence-electron chi connectivity index (χ0n) is 22.8. The van der Waals surface area contributed by atoms with Crippen molar-refractivity contribution in [3.8, 4) is 5.69 Å². The first kappa shape index (κ1) is 23.8. The molecule has 2 N–H and O–H groups in total. The van der Waals surface area contributed by atoms with Gasteiger partial charge in [-0.25, -0.2) is 0 Å².